The topological polar surface area (TPSA) is 84.9 Å². The van der Waals surface area contributed by atoms with Crippen molar-refractivity contribution in [1.82, 2.24) is 5.32 Å². The summed E-state index contributed by atoms with van der Waals surface area (Å²) in [7, 11) is 0. The molecule has 1 unspecified atom stereocenters. The van der Waals surface area contributed by atoms with Crippen LogP contribution in [0.3, 0.4) is 0 Å². The minimum absolute atomic E-state index is 0.0207. The fourth-order valence-corrected chi connectivity index (χ4v) is 3.49. The smallest absolute Gasteiger partial charge is 0.290 e. The highest BCUT2D eigenvalue weighted by Gasteiger charge is 2.24. The molecular formula is C22H22FNO5S. The van der Waals surface area contributed by atoms with Gasteiger partial charge in [-0.1, -0.05) is 25.5 Å². The van der Waals surface area contributed by atoms with Gasteiger partial charge in [0, 0.05) is 0 Å². The van der Waals surface area contributed by atoms with E-state index in [1.807, 2.05) is 6.92 Å². The Hall–Kier alpha value is -2.84. The third-order valence-electron chi connectivity index (χ3n) is 4.24. The molecule has 1 fully saturated rings. The van der Waals surface area contributed by atoms with E-state index in [1.54, 1.807) is 36.4 Å². The van der Waals surface area contributed by atoms with Gasteiger partial charge >= 0.3 is 0 Å². The number of carbonyl (C=O) groups excluding carboxylic acids is 2. The maximum atomic E-state index is 13.4. The van der Waals surface area contributed by atoms with Crippen molar-refractivity contribution in [3.63, 3.8) is 0 Å². The number of imide groups is 1. The van der Waals surface area contributed by atoms with Crippen LogP contribution in [0.25, 0.3) is 6.08 Å². The number of ether oxygens (including phenoxy) is 2. The molecule has 0 radical (unpaired) electrons. The highest BCUT2D eigenvalue weighted by atomic mass is 32.2. The van der Waals surface area contributed by atoms with Crippen LogP contribution in [-0.2, 0) is 11.2 Å². The number of amides is 2. The monoisotopic (exact) mass is 431 g/mol. The molecule has 2 aromatic rings. The average molecular weight is 431 g/mol. The van der Waals surface area contributed by atoms with Gasteiger partial charge in [-0.05, 0) is 65.7 Å². The van der Waals surface area contributed by atoms with Crippen molar-refractivity contribution in [3.8, 4) is 11.5 Å². The lowest BCUT2D eigenvalue weighted by atomic mass is 10.1. The minimum Gasteiger partial charge on any atom is -0.491 e. The normalized spacial score (nSPS) is 15.9. The molecule has 1 saturated heterocycles. The molecule has 1 aliphatic rings. The van der Waals surface area contributed by atoms with Crippen LogP contribution in [0.5, 0.6) is 11.5 Å². The molecule has 2 N–H and O–H groups in total. The van der Waals surface area contributed by atoms with Gasteiger partial charge in [-0.15, -0.1) is 0 Å². The number of carbonyl (C=O) groups is 2. The SMILES string of the molecule is CCCc1cc(F)ccc1OCC(O)COc1ccc(C=C2SC(=O)NC2=O)cc1. The average Bonchev–Trinajstić information content (AvgIpc) is 3.03. The van der Waals surface area contributed by atoms with Gasteiger partial charge in [0.05, 0.1) is 4.91 Å². The third-order valence-corrected chi connectivity index (χ3v) is 5.05. The first kappa shape index (κ1) is 21.9. The molecule has 2 amide bonds. The van der Waals surface area contributed by atoms with E-state index in [1.165, 1.54) is 12.1 Å². The molecule has 3 rings (SSSR count). The third kappa shape index (κ3) is 6.08. The first-order chi connectivity index (χ1) is 14.4. The summed E-state index contributed by atoms with van der Waals surface area (Å²) in [6, 6.07) is 11.3. The lowest BCUT2D eigenvalue weighted by Crippen LogP contribution is -2.25. The highest BCUT2D eigenvalue weighted by Crippen LogP contribution is 2.26. The van der Waals surface area contributed by atoms with Crippen molar-refractivity contribution in [2.45, 2.75) is 25.9 Å². The summed E-state index contributed by atoms with van der Waals surface area (Å²) in [5.41, 5.74) is 1.52. The van der Waals surface area contributed by atoms with Crippen LogP contribution in [0.2, 0.25) is 0 Å². The van der Waals surface area contributed by atoms with Gasteiger partial charge in [-0.25, -0.2) is 4.39 Å². The number of hydrogen-bond acceptors (Lipinski definition) is 6. The van der Waals surface area contributed by atoms with E-state index < -0.39 is 12.0 Å². The maximum Gasteiger partial charge on any atom is 0.290 e. The molecule has 158 valence electrons. The van der Waals surface area contributed by atoms with Crippen LogP contribution in [0, 0.1) is 5.82 Å². The van der Waals surface area contributed by atoms with Crippen LogP contribution < -0.4 is 14.8 Å². The zero-order valence-corrected chi connectivity index (χ0v) is 17.2. The largest absolute Gasteiger partial charge is 0.491 e. The molecule has 1 heterocycles. The number of thioether (sulfide) groups is 1. The van der Waals surface area contributed by atoms with Crippen molar-refractivity contribution < 1.29 is 28.6 Å². The Morgan fingerprint density at radius 3 is 2.53 bits per heavy atom. The summed E-state index contributed by atoms with van der Waals surface area (Å²) >= 11 is 0.858. The molecule has 1 atom stereocenters. The molecule has 0 bridgehead atoms. The van der Waals surface area contributed by atoms with E-state index in [4.69, 9.17) is 9.47 Å². The van der Waals surface area contributed by atoms with E-state index in [-0.39, 0.29) is 24.3 Å². The Kier molecular flexibility index (Phi) is 7.48. The van der Waals surface area contributed by atoms with Gasteiger partial charge in [0.2, 0.25) is 0 Å². The molecular weight excluding hydrogens is 409 g/mol. The molecule has 0 aromatic heterocycles. The molecule has 30 heavy (non-hydrogen) atoms. The molecule has 8 heteroatoms. The van der Waals surface area contributed by atoms with Gasteiger partial charge in [0.1, 0.15) is 36.6 Å². The van der Waals surface area contributed by atoms with E-state index in [0.717, 1.165) is 29.3 Å². The second kappa shape index (κ2) is 10.3. The molecule has 0 aliphatic carbocycles. The van der Waals surface area contributed by atoms with Gasteiger partial charge in [0.15, 0.2) is 0 Å². The molecule has 0 spiro atoms. The number of aryl methyl sites for hydroxylation is 1. The fraction of sp³-hybridized carbons (Fsp3) is 0.273. The number of rotatable bonds is 9. The predicted molar refractivity (Wildman–Crippen MR) is 113 cm³/mol. The number of hydrogen-bond donors (Lipinski definition) is 2. The summed E-state index contributed by atoms with van der Waals surface area (Å²) in [6.07, 6.45) is 2.30. The molecule has 2 aromatic carbocycles. The quantitative estimate of drug-likeness (QED) is 0.586. The standard InChI is InChI=1S/C22H22FNO5S/c1-2-3-15-11-16(23)6-9-19(15)29-13-17(25)12-28-18-7-4-14(5-8-18)10-20-21(26)24-22(27)30-20/h4-11,17,25H,2-3,12-13H2,1H3,(H,24,26,27). The van der Waals surface area contributed by atoms with Gasteiger partial charge in [-0.2, -0.15) is 0 Å². The van der Waals surface area contributed by atoms with Crippen LogP contribution in [0.1, 0.15) is 24.5 Å². The van der Waals surface area contributed by atoms with Gasteiger partial charge in [0.25, 0.3) is 11.1 Å². The van der Waals surface area contributed by atoms with Crippen molar-refractivity contribution in [3.05, 3.63) is 64.3 Å². The Morgan fingerprint density at radius 1 is 1.13 bits per heavy atom. The van der Waals surface area contributed by atoms with Crippen LogP contribution in [0.4, 0.5) is 9.18 Å². The molecule has 6 nitrogen and oxygen atoms in total. The Bertz CT molecular complexity index is 945. The summed E-state index contributed by atoms with van der Waals surface area (Å²) in [6.45, 7) is 2.05. The van der Waals surface area contributed by atoms with Crippen molar-refractivity contribution in [2.75, 3.05) is 13.2 Å². The summed E-state index contributed by atoms with van der Waals surface area (Å²) in [5, 5.41) is 12.0. The lowest BCUT2D eigenvalue weighted by Gasteiger charge is -2.16. The van der Waals surface area contributed by atoms with Crippen molar-refractivity contribution >= 4 is 29.0 Å². The predicted octanol–water partition coefficient (Wildman–Crippen LogP) is 3.92. The van der Waals surface area contributed by atoms with Crippen molar-refractivity contribution in [2.24, 2.45) is 0 Å². The number of aliphatic hydroxyl groups is 1. The van der Waals surface area contributed by atoms with Crippen molar-refractivity contribution in [1.29, 1.82) is 0 Å². The number of nitrogens with one attached hydrogen (secondary N) is 1. The van der Waals surface area contributed by atoms with Crippen LogP contribution in [-0.4, -0.2) is 35.6 Å². The molecule has 1 aliphatic heterocycles. The number of aliphatic hydroxyl groups excluding tert-OH is 1. The van der Waals surface area contributed by atoms with E-state index >= 15 is 0 Å². The first-order valence-electron chi connectivity index (χ1n) is 9.51. The lowest BCUT2D eigenvalue weighted by molar-refractivity contribution is -0.115. The first-order valence-corrected chi connectivity index (χ1v) is 10.3. The second-order valence-electron chi connectivity index (χ2n) is 6.70. The minimum atomic E-state index is -0.865. The zero-order valence-electron chi connectivity index (χ0n) is 16.4. The van der Waals surface area contributed by atoms with E-state index in [9.17, 15) is 19.1 Å². The Labute approximate surface area is 178 Å². The van der Waals surface area contributed by atoms with Gasteiger partial charge in [-0.3, -0.25) is 14.9 Å². The highest BCUT2D eigenvalue weighted by molar-refractivity contribution is 8.18. The number of benzene rings is 2. The second-order valence-corrected chi connectivity index (χ2v) is 7.71. The Morgan fingerprint density at radius 2 is 1.87 bits per heavy atom. The fourth-order valence-electron chi connectivity index (χ4n) is 2.81. The van der Waals surface area contributed by atoms with E-state index in [0.29, 0.717) is 22.8 Å². The maximum absolute atomic E-state index is 13.4. The van der Waals surface area contributed by atoms with Crippen LogP contribution >= 0.6 is 11.8 Å². The Balaban J connectivity index is 1.49. The summed E-state index contributed by atoms with van der Waals surface area (Å²) in [4.78, 5) is 23.1. The van der Waals surface area contributed by atoms with Crippen LogP contribution in [0.15, 0.2) is 47.4 Å². The number of halogens is 1. The zero-order chi connectivity index (χ0) is 21.5. The molecule has 0 saturated carbocycles. The summed E-state index contributed by atoms with van der Waals surface area (Å²) in [5.74, 6) is 0.385. The van der Waals surface area contributed by atoms with Gasteiger partial charge < -0.3 is 14.6 Å². The van der Waals surface area contributed by atoms with E-state index in [2.05, 4.69) is 5.32 Å². The summed E-state index contributed by atoms with van der Waals surface area (Å²) < 4.78 is 24.6.